The van der Waals surface area contributed by atoms with Crippen LogP contribution in [0.15, 0.2) is 115 Å². The number of hydrogen-bond donors (Lipinski definition) is 2. The van der Waals surface area contributed by atoms with E-state index in [2.05, 4.69) is 10.3 Å². The zero-order chi connectivity index (χ0) is 29.1. The highest BCUT2D eigenvalue weighted by atomic mass is 16.5. The summed E-state index contributed by atoms with van der Waals surface area (Å²) in [5, 5.41) is 13.4. The molecule has 0 aliphatic carbocycles. The monoisotopic (exact) mass is 562 g/mol. The zero-order valence-electron chi connectivity index (χ0n) is 22.8. The van der Waals surface area contributed by atoms with E-state index >= 15 is 0 Å². The Balaban J connectivity index is 1.08. The molecule has 1 amide bonds. The molecule has 5 rings (SSSR count). The smallest absolute Gasteiger partial charge is 0.326 e. The van der Waals surface area contributed by atoms with Gasteiger partial charge in [-0.1, -0.05) is 48.5 Å². The normalized spacial score (nSPS) is 11.4. The van der Waals surface area contributed by atoms with E-state index in [1.165, 1.54) is 0 Å². The molecule has 1 aromatic heterocycles. The second-order valence-corrected chi connectivity index (χ2v) is 9.57. The van der Waals surface area contributed by atoms with Crippen molar-refractivity contribution >= 4 is 22.8 Å². The molecule has 2 N–H and O–H groups in total. The molecule has 42 heavy (non-hydrogen) atoms. The van der Waals surface area contributed by atoms with E-state index < -0.39 is 17.9 Å². The second-order valence-electron chi connectivity index (χ2n) is 9.57. The summed E-state index contributed by atoms with van der Waals surface area (Å²) >= 11 is 0. The van der Waals surface area contributed by atoms with Gasteiger partial charge in [-0.3, -0.25) is 9.78 Å². The lowest BCUT2D eigenvalue weighted by atomic mass is 10.1. The molecule has 8 heteroatoms. The van der Waals surface area contributed by atoms with Crippen LogP contribution in [-0.4, -0.2) is 41.2 Å². The van der Waals surface area contributed by atoms with E-state index in [0.717, 1.165) is 22.0 Å². The van der Waals surface area contributed by atoms with E-state index in [1.807, 2.05) is 60.7 Å². The van der Waals surface area contributed by atoms with Gasteiger partial charge in [-0.2, -0.15) is 0 Å². The van der Waals surface area contributed by atoms with Crippen molar-refractivity contribution in [3.8, 4) is 17.2 Å². The summed E-state index contributed by atoms with van der Waals surface area (Å²) in [6, 6.07) is 32.0. The maximum Gasteiger partial charge on any atom is 0.326 e. The number of aliphatic carboxylic acids is 1. The first-order valence-electron chi connectivity index (χ1n) is 13.5. The summed E-state index contributed by atoms with van der Waals surface area (Å²) in [6.45, 7) is 1.08. The number of nitrogens with zero attached hydrogens (tertiary/aromatic N) is 1. The lowest BCUT2D eigenvalue weighted by Crippen LogP contribution is -2.42. The number of nitrogens with one attached hydrogen (secondary N) is 1. The molecule has 0 saturated carbocycles. The van der Waals surface area contributed by atoms with Gasteiger partial charge in [0.05, 0.1) is 5.52 Å². The van der Waals surface area contributed by atoms with Crippen LogP contribution in [0.3, 0.4) is 0 Å². The number of pyridine rings is 1. The molecule has 1 heterocycles. The Bertz CT molecular complexity index is 1620. The highest BCUT2D eigenvalue weighted by molar-refractivity contribution is 5.96. The summed E-state index contributed by atoms with van der Waals surface area (Å²) in [6.07, 6.45) is 1.87. The minimum absolute atomic E-state index is 0.133. The summed E-state index contributed by atoms with van der Waals surface area (Å²) in [5.74, 6) is 0.357. The number of fused-ring (bicyclic) bond motifs is 1. The maximum atomic E-state index is 12.8. The molecule has 8 nitrogen and oxygen atoms in total. The summed E-state index contributed by atoms with van der Waals surface area (Å²) in [4.78, 5) is 29.0. The van der Waals surface area contributed by atoms with Crippen molar-refractivity contribution in [1.82, 2.24) is 10.3 Å². The molecule has 1 atom stereocenters. The molecule has 0 aliphatic rings. The number of hydrogen-bond acceptors (Lipinski definition) is 6. The fraction of sp³-hybridized carbons (Fsp3) is 0.147. The molecule has 0 fully saturated rings. The largest absolute Gasteiger partial charge is 0.490 e. The minimum Gasteiger partial charge on any atom is -0.490 e. The highest BCUT2D eigenvalue weighted by Crippen LogP contribution is 2.19. The van der Waals surface area contributed by atoms with Gasteiger partial charge < -0.3 is 24.6 Å². The quantitative estimate of drug-likeness (QED) is 0.177. The Hall–Kier alpha value is -5.37. The first kappa shape index (κ1) is 28.2. The minimum atomic E-state index is -1.12. The number of carbonyl (C=O) groups is 2. The predicted octanol–water partition coefficient (Wildman–Crippen LogP) is 5.70. The predicted molar refractivity (Wildman–Crippen MR) is 159 cm³/mol. The molecular weight excluding hydrogens is 532 g/mol. The molecular formula is C34H30N2O6. The summed E-state index contributed by atoms with van der Waals surface area (Å²) in [5.41, 5.74) is 3.01. The standard InChI is InChI=1S/C34H30N2O6/c37-33(36-32(34(38)39)21-24-8-13-29(14-9-24)42-23-25-5-2-1-3-6-25)27-11-15-28(16-12-27)40-19-20-41-30-17-10-26-7-4-18-35-31(26)22-30/h1-18,22,32H,19-21,23H2,(H,36,37)(H,38,39)/t32-/m0/s1. The van der Waals surface area contributed by atoms with Gasteiger partial charge in [0.15, 0.2) is 0 Å². The van der Waals surface area contributed by atoms with Crippen LogP contribution in [0.4, 0.5) is 0 Å². The van der Waals surface area contributed by atoms with Crippen LogP contribution in [0.1, 0.15) is 21.5 Å². The van der Waals surface area contributed by atoms with Gasteiger partial charge in [0, 0.05) is 29.6 Å². The number of carboxylic acid groups (broad SMARTS) is 1. The third kappa shape index (κ3) is 7.85. The van der Waals surface area contributed by atoms with Crippen molar-refractivity contribution < 1.29 is 28.9 Å². The molecule has 0 spiro atoms. The number of rotatable bonds is 13. The second kappa shape index (κ2) is 13.8. The van der Waals surface area contributed by atoms with E-state index in [9.17, 15) is 14.7 Å². The van der Waals surface area contributed by atoms with Gasteiger partial charge in [0.2, 0.25) is 0 Å². The van der Waals surface area contributed by atoms with Gasteiger partial charge >= 0.3 is 5.97 Å². The lowest BCUT2D eigenvalue weighted by molar-refractivity contribution is -0.139. The number of benzene rings is 4. The van der Waals surface area contributed by atoms with Crippen molar-refractivity contribution in [2.45, 2.75) is 19.1 Å². The maximum absolute atomic E-state index is 12.8. The number of carbonyl (C=O) groups excluding carboxylic acids is 1. The Morgan fingerprint density at radius 2 is 1.38 bits per heavy atom. The Morgan fingerprint density at radius 1 is 0.714 bits per heavy atom. The van der Waals surface area contributed by atoms with Crippen LogP contribution in [0.25, 0.3) is 10.9 Å². The van der Waals surface area contributed by atoms with Gasteiger partial charge in [0.1, 0.15) is 43.1 Å². The van der Waals surface area contributed by atoms with Crippen molar-refractivity contribution in [2.75, 3.05) is 13.2 Å². The fourth-order valence-electron chi connectivity index (χ4n) is 4.30. The van der Waals surface area contributed by atoms with Crippen LogP contribution in [0.2, 0.25) is 0 Å². The van der Waals surface area contributed by atoms with Crippen LogP contribution in [0, 0.1) is 0 Å². The fourth-order valence-corrected chi connectivity index (χ4v) is 4.30. The van der Waals surface area contributed by atoms with Crippen LogP contribution in [-0.2, 0) is 17.8 Å². The third-order valence-electron chi connectivity index (χ3n) is 6.53. The van der Waals surface area contributed by atoms with Crippen LogP contribution in [0.5, 0.6) is 17.2 Å². The van der Waals surface area contributed by atoms with Crippen molar-refractivity contribution in [2.24, 2.45) is 0 Å². The Labute approximate surface area is 243 Å². The van der Waals surface area contributed by atoms with E-state index in [4.69, 9.17) is 14.2 Å². The van der Waals surface area contributed by atoms with Gasteiger partial charge in [-0.25, -0.2) is 4.79 Å². The highest BCUT2D eigenvalue weighted by Gasteiger charge is 2.21. The van der Waals surface area contributed by atoms with Crippen molar-refractivity contribution in [1.29, 1.82) is 0 Å². The summed E-state index contributed by atoms with van der Waals surface area (Å²) < 4.78 is 17.3. The van der Waals surface area contributed by atoms with Gasteiger partial charge in [0.25, 0.3) is 5.91 Å². The third-order valence-corrected chi connectivity index (χ3v) is 6.53. The molecule has 212 valence electrons. The number of aromatic nitrogens is 1. The first-order chi connectivity index (χ1) is 20.5. The van der Waals surface area contributed by atoms with Gasteiger partial charge in [-0.15, -0.1) is 0 Å². The van der Waals surface area contributed by atoms with E-state index in [1.54, 1.807) is 54.7 Å². The Morgan fingerprint density at radius 3 is 2.12 bits per heavy atom. The molecule has 5 aromatic rings. The van der Waals surface area contributed by atoms with Crippen molar-refractivity contribution in [3.63, 3.8) is 0 Å². The van der Waals surface area contributed by atoms with E-state index in [0.29, 0.717) is 42.6 Å². The van der Waals surface area contributed by atoms with E-state index in [-0.39, 0.29) is 6.42 Å². The first-order valence-corrected chi connectivity index (χ1v) is 13.5. The van der Waals surface area contributed by atoms with Crippen LogP contribution < -0.4 is 19.5 Å². The zero-order valence-corrected chi connectivity index (χ0v) is 22.8. The topological polar surface area (TPSA) is 107 Å². The van der Waals surface area contributed by atoms with Gasteiger partial charge in [-0.05, 0) is 65.7 Å². The number of amides is 1. The molecule has 0 saturated heterocycles. The SMILES string of the molecule is O=C(N[C@@H](Cc1ccc(OCc2ccccc2)cc1)C(=O)O)c1ccc(OCCOc2ccc3cccnc3c2)cc1. The van der Waals surface area contributed by atoms with Crippen molar-refractivity contribution in [3.05, 3.63) is 132 Å². The molecule has 0 radical (unpaired) electrons. The number of ether oxygens (including phenoxy) is 3. The molecule has 0 unspecified atom stereocenters. The lowest BCUT2D eigenvalue weighted by Gasteiger charge is -2.15. The average molecular weight is 563 g/mol. The average Bonchev–Trinajstić information content (AvgIpc) is 3.03. The number of carboxylic acids is 1. The molecule has 0 aliphatic heterocycles. The molecule has 4 aromatic carbocycles. The Kier molecular flexibility index (Phi) is 9.26. The van der Waals surface area contributed by atoms with Crippen LogP contribution >= 0.6 is 0 Å². The molecule has 0 bridgehead atoms. The summed E-state index contributed by atoms with van der Waals surface area (Å²) in [7, 11) is 0.